The fraction of sp³-hybridized carbons (Fsp3) is 0.273. The van der Waals surface area contributed by atoms with E-state index in [0.29, 0.717) is 5.56 Å². The Balaban J connectivity index is 2.75. The van der Waals surface area contributed by atoms with Gasteiger partial charge in [-0.05, 0) is 17.7 Å². The summed E-state index contributed by atoms with van der Waals surface area (Å²) >= 11 is 0. The molecule has 1 rings (SSSR count). The number of hydrogen-bond donors (Lipinski definition) is 4. The highest BCUT2D eigenvalue weighted by Gasteiger charge is 2.19. The number of nitrogens with one attached hydrogen (secondary N) is 1. The van der Waals surface area contributed by atoms with Crippen LogP contribution in [0.5, 0.6) is 5.75 Å². The van der Waals surface area contributed by atoms with Gasteiger partial charge >= 0.3 is 13.8 Å². The smallest absolute Gasteiger partial charge is 0.480 e. The summed E-state index contributed by atoms with van der Waals surface area (Å²) in [4.78, 5) is 39.1. The first-order valence-electron chi connectivity index (χ1n) is 5.51. The Hall–Kier alpha value is -1.89. The molecule has 0 bridgehead atoms. The normalized spacial score (nSPS) is 12.6. The molecule has 0 spiro atoms. The zero-order chi connectivity index (χ0) is 15.3. The number of phosphoric ester groups is 1. The third kappa shape index (κ3) is 5.83. The van der Waals surface area contributed by atoms with Gasteiger partial charge in [-0.1, -0.05) is 12.1 Å². The van der Waals surface area contributed by atoms with Crippen molar-refractivity contribution in [1.82, 2.24) is 5.32 Å². The van der Waals surface area contributed by atoms with Gasteiger partial charge in [-0.25, -0.2) is 9.36 Å². The highest BCUT2D eigenvalue weighted by atomic mass is 31.2. The van der Waals surface area contributed by atoms with Crippen molar-refractivity contribution in [3.63, 3.8) is 0 Å². The molecule has 0 aromatic heterocycles. The Kier molecular flexibility index (Phi) is 5.26. The molecule has 1 amide bonds. The van der Waals surface area contributed by atoms with Crippen LogP contribution in [0.1, 0.15) is 12.5 Å². The van der Waals surface area contributed by atoms with E-state index in [1.165, 1.54) is 31.2 Å². The van der Waals surface area contributed by atoms with Crippen molar-refractivity contribution < 1.29 is 33.6 Å². The van der Waals surface area contributed by atoms with E-state index in [9.17, 15) is 14.2 Å². The van der Waals surface area contributed by atoms with Crippen LogP contribution in [0.3, 0.4) is 0 Å². The van der Waals surface area contributed by atoms with E-state index in [2.05, 4.69) is 9.84 Å². The molecule has 0 aliphatic carbocycles. The van der Waals surface area contributed by atoms with E-state index in [-0.39, 0.29) is 12.2 Å². The lowest BCUT2D eigenvalue weighted by Crippen LogP contribution is -2.41. The number of carboxylic acid groups (broad SMARTS) is 1. The first-order valence-corrected chi connectivity index (χ1v) is 7.04. The van der Waals surface area contributed by atoms with Crippen LogP contribution in [-0.2, 0) is 20.6 Å². The summed E-state index contributed by atoms with van der Waals surface area (Å²) in [6, 6.07) is 4.47. The quantitative estimate of drug-likeness (QED) is 0.555. The zero-order valence-corrected chi connectivity index (χ0v) is 11.4. The van der Waals surface area contributed by atoms with Gasteiger partial charge in [0.2, 0.25) is 5.91 Å². The molecular formula is C11H14NO7P. The zero-order valence-electron chi connectivity index (χ0n) is 10.5. The molecule has 4 N–H and O–H groups in total. The summed E-state index contributed by atoms with van der Waals surface area (Å²) in [7, 11) is -4.62. The minimum absolute atomic E-state index is 0.0338. The number of phosphoric acid groups is 1. The minimum atomic E-state index is -4.62. The third-order valence-electron chi connectivity index (χ3n) is 2.26. The van der Waals surface area contributed by atoms with Gasteiger partial charge in [0.1, 0.15) is 11.8 Å². The summed E-state index contributed by atoms with van der Waals surface area (Å²) in [6.45, 7) is 1.22. The lowest BCUT2D eigenvalue weighted by molar-refractivity contribution is -0.141. The predicted molar refractivity (Wildman–Crippen MR) is 68.1 cm³/mol. The maximum Gasteiger partial charge on any atom is 0.524 e. The van der Waals surface area contributed by atoms with Crippen molar-refractivity contribution in [3.05, 3.63) is 29.8 Å². The average molecular weight is 303 g/mol. The SMILES string of the molecule is CC(=O)N[C@@H](Cc1ccc(OP(=O)(O)O)cc1)C(=O)O. The summed E-state index contributed by atoms with van der Waals surface area (Å²) < 4.78 is 15.0. The van der Waals surface area contributed by atoms with Crippen LogP contribution in [0.15, 0.2) is 24.3 Å². The third-order valence-corrected chi connectivity index (χ3v) is 2.71. The van der Waals surface area contributed by atoms with E-state index in [0.717, 1.165) is 0 Å². The topological polar surface area (TPSA) is 133 Å². The Morgan fingerprint density at radius 2 is 1.85 bits per heavy atom. The molecule has 1 aromatic carbocycles. The lowest BCUT2D eigenvalue weighted by Gasteiger charge is -2.13. The van der Waals surface area contributed by atoms with Crippen LogP contribution in [0.2, 0.25) is 0 Å². The summed E-state index contributed by atoms with van der Waals surface area (Å²) in [5.41, 5.74) is 0.573. The first-order chi connectivity index (χ1) is 9.17. The highest BCUT2D eigenvalue weighted by molar-refractivity contribution is 7.46. The first kappa shape index (κ1) is 16.2. The molecule has 110 valence electrons. The Morgan fingerprint density at radius 1 is 1.30 bits per heavy atom. The van der Waals surface area contributed by atoms with Gasteiger partial charge in [-0.15, -0.1) is 0 Å². The van der Waals surface area contributed by atoms with Crippen molar-refractivity contribution in [1.29, 1.82) is 0 Å². The maximum atomic E-state index is 11.0. The van der Waals surface area contributed by atoms with Gasteiger partial charge < -0.3 is 14.9 Å². The summed E-state index contributed by atoms with van der Waals surface area (Å²) in [5, 5.41) is 11.2. The maximum absolute atomic E-state index is 11.0. The second-order valence-electron chi connectivity index (χ2n) is 4.02. The number of carbonyl (C=O) groups is 2. The van der Waals surface area contributed by atoms with Gasteiger partial charge in [-0.3, -0.25) is 14.6 Å². The molecule has 9 heteroatoms. The van der Waals surface area contributed by atoms with E-state index < -0.39 is 25.7 Å². The van der Waals surface area contributed by atoms with Crippen LogP contribution in [0, 0.1) is 0 Å². The van der Waals surface area contributed by atoms with Gasteiger partial charge in [0, 0.05) is 13.3 Å². The molecule has 0 aliphatic rings. The van der Waals surface area contributed by atoms with E-state index in [1.54, 1.807) is 0 Å². The molecule has 0 saturated heterocycles. The fourth-order valence-electron chi connectivity index (χ4n) is 1.50. The molecule has 0 radical (unpaired) electrons. The Morgan fingerprint density at radius 3 is 2.25 bits per heavy atom. The van der Waals surface area contributed by atoms with E-state index >= 15 is 0 Å². The molecule has 0 unspecified atom stereocenters. The second kappa shape index (κ2) is 6.51. The second-order valence-corrected chi connectivity index (χ2v) is 5.19. The highest BCUT2D eigenvalue weighted by Crippen LogP contribution is 2.37. The minimum Gasteiger partial charge on any atom is -0.480 e. The van der Waals surface area contributed by atoms with E-state index in [1.807, 2.05) is 0 Å². The Bertz CT molecular complexity index is 536. The number of carbonyl (C=O) groups excluding carboxylic acids is 1. The Labute approximate surface area is 114 Å². The molecule has 20 heavy (non-hydrogen) atoms. The fourth-order valence-corrected chi connectivity index (χ4v) is 1.90. The number of rotatable bonds is 6. The largest absolute Gasteiger partial charge is 0.524 e. The molecule has 1 aromatic rings. The lowest BCUT2D eigenvalue weighted by atomic mass is 10.1. The van der Waals surface area contributed by atoms with Crippen LogP contribution < -0.4 is 9.84 Å². The van der Waals surface area contributed by atoms with Crippen molar-refractivity contribution in [2.24, 2.45) is 0 Å². The van der Waals surface area contributed by atoms with Crippen molar-refractivity contribution in [2.45, 2.75) is 19.4 Å². The number of carboxylic acids is 1. The van der Waals surface area contributed by atoms with E-state index in [4.69, 9.17) is 14.9 Å². The van der Waals surface area contributed by atoms with Gasteiger partial charge in [0.05, 0.1) is 0 Å². The molecule has 0 aliphatic heterocycles. The van der Waals surface area contributed by atoms with Gasteiger partial charge in [0.15, 0.2) is 0 Å². The molecular weight excluding hydrogens is 289 g/mol. The van der Waals surface area contributed by atoms with Crippen LogP contribution in [0.4, 0.5) is 0 Å². The van der Waals surface area contributed by atoms with Gasteiger partial charge in [0.25, 0.3) is 0 Å². The standard InChI is InChI=1S/C11H14NO7P/c1-7(13)12-10(11(14)15)6-8-2-4-9(5-3-8)19-20(16,17)18/h2-5,10H,6H2,1H3,(H,12,13)(H,14,15)(H2,16,17,18)/t10-/m0/s1. The van der Waals surface area contributed by atoms with Crippen LogP contribution >= 0.6 is 7.82 Å². The summed E-state index contributed by atoms with van der Waals surface area (Å²) in [6.07, 6.45) is 0.0467. The van der Waals surface area contributed by atoms with Gasteiger partial charge in [-0.2, -0.15) is 0 Å². The monoisotopic (exact) mass is 303 g/mol. The number of hydrogen-bond acceptors (Lipinski definition) is 4. The molecule has 0 heterocycles. The molecule has 0 saturated carbocycles. The molecule has 0 fully saturated rings. The van der Waals surface area contributed by atoms with Crippen molar-refractivity contribution >= 4 is 19.7 Å². The summed E-state index contributed by atoms with van der Waals surface area (Å²) in [5.74, 6) is -1.66. The predicted octanol–water partition coefficient (Wildman–Crippen LogP) is 0.290. The molecule has 8 nitrogen and oxygen atoms in total. The van der Waals surface area contributed by atoms with Crippen LogP contribution in [-0.4, -0.2) is 32.8 Å². The molecule has 1 atom stereocenters. The number of aliphatic carboxylic acids is 1. The average Bonchev–Trinajstić information content (AvgIpc) is 2.28. The number of amides is 1. The van der Waals surface area contributed by atoms with Crippen molar-refractivity contribution in [2.75, 3.05) is 0 Å². The van der Waals surface area contributed by atoms with Crippen LogP contribution in [0.25, 0.3) is 0 Å². The van der Waals surface area contributed by atoms with Crippen molar-refractivity contribution in [3.8, 4) is 5.75 Å². The number of benzene rings is 1.